The maximum atomic E-state index is 13.0. The molecule has 2 heterocycles. The van der Waals surface area contributed by atoms with Gasteiger partial charge in [-0.2, -0.15) is 17.0 Å². The first-order valence-electron chi connectivity index (χ1n) is 8.06. The Morgan fingerprint density at radius 1 is 1.29 bits per heavy atom. The van der Waals surface area contributed by atoms with Crippen molar-refractivity contribution < 1.29 is 9.59 Å². The third-order valence-corrected chi connectivity index (χ3v) is 5.64. The summed E-state index contributed by atoms with van der Waals surface area (Å²) in [5, 5.41) is 8.90. The zero-order valence-corrected chi connectivity index (χ0v) is 14.2. The predicted octanol–water partition coefficient (Wildman–Crippen LogP) is 0.956. The van der Waals surface area contributed by atoms with E-state index in [9.17, 15) is 9.59 Å². The van der Waals surface area contributed by atoms with Gasteiger partial charge in [0.15, 0.2) is 0 Å². The third kappa shape index (κ3) is 3.25. The fourth-order valence-electron chi connectivity index (χ4n) is 3.37. The van der Waals surface area contributed by atoms with Crippen LogP contribution in [0.2, 0.25) is 0 Å². The van der Waals surface area contributed by atoms with E-state index in [0.717, 1.165) is 24.3 Å². The van der Waals surface area contributed by atoms with Crippen LogP contribution in [-0.2, 0) is 9.59 Å². The molecule has 2 atom stereocenters. The molecule has 0 saturated carbocycles. The Balaban J connectivity index is 1.81. The molecule has 0 aliphatic carbocycles. The van der Waals surface area contributed by atoms with E-state index in [1.54, 1.807) is 40.9 Å². The zero-order chi connectivity index (χ0) is 17.1. The van der Waals surface area contributed by atoms with Gasteiger partial charge in [0, 0.05) is 30.3 Å². The second-order valence-corrected chi connectivity index (χ2v) is 7.19. The molecule has 0 spiro atoms. The van der Waals surface area contributed by atoms with Crippen molar-refractivity contribution in [2.45, 2.75) is 24.9 Å². The lowest BCUT2D eigenvalue weighted by molar-refractivity contribution is -0.130. The number of carbonyl (C=O) groups is 2. The monoisotopic (exact) mass is 344 g/mol. The molecule has 2 aliphatic heterocycles. The summed E-state index contributed by atoms with van der Waals surface area (Å²) in [6, 6.07) is 8.45. The van der Waals surface area contributed by atoms with Crippen molar-refractivity contribution in [2.75, 3.05) is 29.5 Å². The lowest BCUT2D eigenvalue weighted by atomic mass is 10.00. The number of nitrogens with zero attached hydrogens (tertiary/aromatic N) is 3. The van der Waals surface area contributed by atoms with Gasteiger partial charge in [-0.1, -0.05) is 0 Å². The van der Waals surface area contributed by atoms with Gasteiger partial charge in [-0.05, 0) is 37.1 Å². The minimum Gasteiger partial charge on any atom is -0.368 e. The van der Waals surface area contributed by atoms with Crippen LogP contribution < -0.4 is 10.6 Å². The van der Waals surface area contributed by atoms with Crippen molar-refractivity contribution in [2.24, 2.45) is 5.73 Å². The maximum Gasteiger partial charge on any atom is 0.244 e. The molecule has 0 aromatic heterocycles. The van der Waals surface area contributed by atoms with Crippen molar-refractivity contribution in [1.29, 1.82) is 5.26 Å². The Morgan fingerprint density at radius 3 is 2.71 bits per heavy atom. The molecule has 2 N–H and O–H groups in total. The summed E-state index contributed by atoms with van der Waals surface area (Å²) in [6.07, 6.45) is 1.63. The Bertz CT molecular complexity index is 670. The summed E-state index contributed by atoms with van der Waals surface area (Å²) in [6.45, 7) is 1.36. The highest BCUT2D eigenvalue weighted by molar-refractivity contribution is 7.99. The lowest BCUT2D eigenvalue weighted by Gasteiger charge is -2.43. The van der Waals surface area contributed by atoms with Gasteiger partial charge < -0.3 is 10.6 Å². The van der Waals surface area contributed by atoms with E-state index < -0.39 is 0 Å². The van der Waals surface area contributed by atoms with E-state index in [-0.39, 0.29) is 23.9 Å². The summed E-state index contributed by atoms with van der Waals surface area (Å²) >= 11 is 1.70. The van der Waals surface area contributed by atoms with Crippen LogP contribution in [0.15, 0.2) is 24.3 Å². The van der Waals surface area contributed by atoms with Gasteiger partial charge in [0.2, 0.25) is 11.8 Å². The molecule has 0 radical (unpaired) electrons. The molecule has 0 bridgehead atoms. The Kier molecular flexibility index (Phi) is 5.07. The molecular formula is C17H20N4O2S. The van der Waals surface area contributed by atoms with Crippen LogP contribution in [0.25, 0.3) is 0 Å². The standard InChI is InChI=1S/C17H20N4O2S/c18-10-12-3-5-13(6-4-12)20-7-1-2-14(17(20)23)21-8-9-24-11-15(21)16(19)22/h3-6,14-15H,1-2,7-9,11H2,(H2,19,22)/t14-,15-/m1/s1. The van der Waals surface area contributed by atoms with E-state index in [1.165, 1.54) is 0 Å². The van der Waals surface area contributed by atoms with Crippen molar-refractivity contribution in [1.82, 2.24) is 4.90 Å². The number of piperidine rings is 1. The maximum absolute atomic E-state index is 13.0. The minimum absolute atomic E-state index is 0.0177. The fraction of sp³-hybridized carbons (Fsp3) is 0.471. The quantitative estimate of drug-likeness (QED) is 0.882. The summed E-state index contributed by atoms with van der Waals surface area (Å²) in [4.78, 5) is 28.5. The molecule has 1 aromatic rings. The van der Waals surface area contributed by atoms with Gasteiger partial charge in [-0.25, -0.2) is 0 Å². The number of amides is 2. The molecule has 126 valence electrons. The van der Waals surface area contributed by atoms with Gasteiger partial charge >= 0.3 is 0 Å². The molecule has 7 heteroatoms. The number of nitrogens with two attached hydrogens (primary N) is 1. The van der Waals surface area contributed by atoms with E-state index in [4.69, 9.17) is 11.0 Å². The number of rotatable bonds is 3. The molecule has 0 unspecified atom stereocenters. The lowest BCUT2D eigenvalue weighted by Crippen LogP contribution is -2.60. The first-order chi connectivity index (χ1) is 11.6. The van der Waals surface area contributed by atoms with Crippen LogP contribution in [0.1, 0.15) is 18.4 Å². The molecule has 3 rings (SSSR count). The molecule has 1 aromatic carbocycles. The molecular weight excluding hydrogens is 324 g/mol. The van der Waals surface area contributed by atoms with Crippen molar-refractivity contribution >= 4 is 29.3 Å². The summed E-state index contributed by atoms with van der Waals surface area (Å²) < 4.78 is 0. The topological polar surface area (TPSA) is 90.4 Å². The first kappa shape index (κ1) is 16.8. The van der Waals surface area contributed by atoms with Crippen LogP contribution in [0.3, 0.4) is 0 Å². The molecule has 2 amide bonds. The molecule has 2 saturated heterocycles. The van der Waals surface area contributed by atoms with Crippen LogP contribution >= 0.6 is 11.8 Å². The number of hydrogen-bond acceptors (Lipinski definition) is 5. The van der Waals surface area contributed by atoms with E-state index >= 15 is 0 Å². The van der Waals surface area contributed by atoms with E-state index in [0.29, 0.717) is 24.4 Å². The highest BCUT2D eigenvalue weighted by Crippen LogP contribution is 2.28. The van der Waals surface area contributed by atoms with Crippen molar-refractivity contribution in [3.05, 3.63) is 29.8 Å². The molecule has 24 heavy (non-hydrogen) atoms. The van der Waals surface area contributed by atoms with Crippen molar-refractivity contribution in [3.8, 4) is 6.07 Å². The number of carbonyl (C=O) groups excluding carboxylic acids is 2. The van der Waals surface area contributed by atoms with Crippen LogP contribution in [0.4, 0.5) is 5.69 Å². The number of primary amides is 1. The smallest absolute Gasteiger partial charge is 0.244 e. The number of benzene rings is 1. The van der Waals surface area contributed by atoms with Gasteiger partial charge in [0.1, 0.15) is 0 Å². The highest BCUT2D eigenvalue weighted by atomic mass is 32.2. The first-order valence-corrected chi connectivity index (χ1v) is 9.21. The summed E-state index contributed by atoms with van der Waals surface area (Å²) in [5.41, 5.74) is 6.91. The SMILES string of the molecule is N#Cc1ccc(N2CCC[C@@H](N3CCSC[C@@H]3C(N)=O)C2=O)cc1. The number of anilines is 1. The largest absolute Gasteiger partial charge is 0.368 e. The molecule has 6 nitrogen and oxygen atoms in total. The zero-order valence-electron chi connectivity index (χ0n) is 13.4. The summed E-state index contributed by atoms with van der Waals surface area (Å²) in [5.74, 6) is 1.22. The third-order valence-electron chi connectivity index (χ3n) is 4.62. The van der Waals surface area contributed by atoms with Crippen molar-refractivity contribution in [3.63, 3.8) is 0 Å². The van der Waals surface area contributed by atoms with E-state index in [2.05, 4.69) is 6.07 Å². The average Bonchev–Trinajstić information content (AvgIpc) is 2.62. The Morgan fingerprint density at radius 2 is 2.04 bits per heavy atom. The van der Waals surface area contributed by atoms with Gasteiger partial charge in [-0.3, -0.25) is 14.5 Å². The number of nitriles is 1. The fourth-order valence-corrected chi connectivity index (χ4v) is 4.46. The Labute approximate surface area is 145 Å². The van der Waals surface area contributed by atoms with Crippen LogP contribution in [0, 0.1) is 11.3 Å². The molecule has 2 fully saturated rings. The predicted molar refractivity (Wildman–Crippen MR) is 93.5 cm³/mol. The normalized spacial score (nSPS) is 25.3. The molecule has 2 aliphatic rings. The van der Waals surface area contributed by atoms with Crippen LogP contribution in [0.5, 0.6) is 0 Å². The Hall–Kier alpha value is -2.04. The number of thioether (sulfide) groups is 1. The van der Waals surface area contributed by atoms with Gasteiger partial charge in [0.05, 0.1) is 23.7 Å². The van der Waals surface area contributed by atoms with Gasteiger partial charge in [0.25, 0.3) is 0 Å². The second-order valence-electron chi connectivity index (χ2n) is 6.04. The average molecular weight is 344 g/mol. The van der Waals surface area contributed by atoms with E-state index in [1.807, 2.05) is 4.90 Å². The van der Waals surface area contributed by atoms with Gasteiger partial charge in [-0.15, -0.1) is 0 Å². The van der Waals surface area contributed by atoms with Crippen LogP contribution in [-0.4, -0.2) is 53.4 Å². The minimum atomic E-state index is -0.376. The second kappa shape index (κ2) is 7.24. The highest BCUT2D eigenvalue weighted by Gasteiger charge is 2.40. The summed E-state index contributed by atoms with van der Waals surface area (Å²) in [7, 11) is 0. The number of hydrogen-bond donors (Lipinski definition) is 1.